The molecular formula is C27H34N2O7. The first kappa shape index (κ1) is 22.8. The molecule has 0 radical (unpaired) electrons. The summed E-state index contributed by atoms with van der Waals surface area (Å²) in [6, 6.07) is 3.32. The maximum Gasteiger partial charge on any atom is 0.253 e. The zero-order valence-electron chi connectivity index (χ0n) is 20.3. The highest BCUT2D eigenvalue weighted by atomic mass is 16.5. The molecule has 3 aliphatic carbocycles. The number of aliphatic hydroxyl groups is 4. The highest BCUT2D eigenvalue weighted by Crippen LogP contribution is 2.66. The van der Waals surface area contributed by atoms with E-state index in [1.807, 2.05) is 6.07 Å². The van der Waals surface area contributed by atoms with Crippen LogP contribution in [-0.2, 0) is 16.6 Å². The molecular weight excluding hydrogens is 464 g/mol. The number of hydrogen-bond donors (Lipinski definition) is 5. The number of nitrogens with zero attached hydrogens (tertiary/aromatic N) is 2. The summed E-state index contributed by atoms with van der Waals surface area (Å²) >= 11 is 0. The average molecular weight is 499 g/mol. The Balaban J connectivity index is 1.31. The average Bonchev–Trinajstić information content (AvgIpc) is 3.60. The van der Waals surface area contributed by atoms with Gasteiger partial charge in [0.1, 0.15) is 5.76 Å². The smallest absolute Gasteiger partial charge is 0.253 e. The second-order valence-electron chi connectivity index (χ2n) is 11.8. The fourth-order valence-electron chi connectivity index (χ4n) is 7.95. The van der Waals surface area contributed by atoms with Crippen molar-refractivity contribution in [2.75, 3.05) is 26.2 Å². The molecule has 3 aliphatic heterocycles. The molecule has 0 unspecified atom stereocenters. The molecule has 9 heteroatoms. The molecule has 3 fully saturated rings. The minimum atomic E-state index is -1.41. The molecule has 194 valence electrons. The predicted molar refractivity (Wildman–Crippen MR) is 127 cm³/mol. The number of ether oxygens (including phenoxy) is 1. The van der Waals surface area contributed by atoms with Gasteiger partial charge in [-0.2, -0.15) is 0 Å². The standard InChI is InChI=1S/C27H34N2O7/c30-18-4-3-16-11-19-27(35)12-17(24(32)28-8-5-15(6-9-28)25(33)34)21(31)23-26(27,20(16)22(18)36-23)7-10-29(19)13-14-1-2-14/h3-4,14-15,19,23,25,30-31,33-35H,1-2,5-13H2/t19-,23+,26+,27-/m1/s1. The molecule has 6 aliphatic rings. The van der Waals surface area contributed by atoms with E-state index >= 15 is 0 Å². The van der Waals surface area contributed by atoms with Crippen molar-refractivity contribution in [3.8, 4) is 11.5 Å². The SMILES string of the molecule is O=C(C1=C(O)[C@@H]2Oc3c(O)ccc4c3[C@@]23CCN(CC2CC2)[C@H](C4)[C@]3(O)C1)N1CCC(C(O)O)CC1. The van der Waals surface area contributed by atoms with Gasteiger partial charge in [-0.05, 0) is 62.6 Å². The summed E-state index contributed by atoms with van der Waals surface area (Å²) in [4.78, 5) is 17.7. The lowest BCUT2D eigenvalue weighted by Crippen LogP contribution is -2.75. The summed E-state index contributed by atoms with van der Waals surface area (Å²) in [5.41, 5.74) is -0.231. The van der Waals surface area contributed by atoms with Crippen LogP contribution in [0.25, 0.3) is 0 Å². The quantitative estimate of drug-likeness (QED) is 0.387. The molecule has 1 saturated carbocycles. The van der Waals surface area contributed by atoms with Crippen LogP contribution in [0.4, 0.5) is 0 Å². The molecule has 5 N–H and O–H groups in total. The Morgan fingerprint density at radius 1 is 1.11 bits per heavy atom. The predicted octanol–water partition coefficient (Wildman–Crippen LogP) is 0.928. The van der Waals surface area contributed by atoms with Crippen LogP contribution in [-0.4, -0.2) is 91.5 Å². The van der Waals surface area contributed by atoms with Gasteiger partial charge in [-0.1, -0.05) is 6.07 Å². The number of rotatable bonds is 4. The maximum atomic E-state index is 13.7. The highest BCUT2D eigenvalue weighted by molar-refractivity contribution is 5.95. The molecule has 1 aromatic carbocycles. The third-order valence-electron chi connectivity index (χ3n) is 10.0. The molecule has 4 atom stereocenters. The van der Waals surface area contributed by atoms with Crippen LogP contribution in [0.3, 0.4) is 0 Å². The second-order valence-corrected chi connectivity index (χ2v) is 11.8. The zero-order valence-corrected chi connectivity index (χ0v) is 20.3. The highest BCUT2D eigenvalue weighted by Gasteiger charge is 2.73. The summed E-state index contributed by atoms with van der Waals surface area (Å²) in [6.07, 6.45) is 2.21. The number of benzene rings is 1. The van der Waals surface area contributed by atoms with E-state index in [0.29, 0.717) is 50.4 Å². The van der Waals surface area contributed by atoms with Crippen LogP contribution in [0, 0.1) is 11.8 Å². The lowest BCUT2D eigenvalue weighted by molar-refractivity contribution is -0.174. The van der Waals surface area contributed by atoms with Gasteiger partial charge >= 0.3 is 0 Å². The Morgan fingerprint density at radius 3 is 2.56 bits per heavy atom. The van der Waals surface area contributed by atoms with Crippen molar-refractivity contribution in [2.45, 2.75) is 74.4 Å². The Hall–Kier alpha value is -2.33. The molecule has 9 nitrogen and oxygen atoms in total. The monoisotopic (exact) mass is 498 g/mol. The van der Waals surface area contributed by atoms with Crippen molar-refractivity contribution in [2.24, 2.45) is 11.8 Å². The van der Waals surface area contributed by atoms with Gasteiger partial charge in [0, 0.05) is 43.6 Å². The topological polar surface area (TPSA) is 134 Å². The normalized spacial score (nSPS) is 35.7. The van der Waals surface area contributed by atoms with E-state index in [9.17, 15) is 30.3 Å². The summed E-state index contributed by atoms with van der Waals surface area (Å²) in [7, 11) is 0. The number of phenols is 1. The molecule has 0 aromatic heterocycles. The number of carbonyl (C=O) groups is 1. The molecule has 1 aromatic rings. The number of hydrogen-bond acceptors (Lipinski definition) is 8. The van der Waals surface area contributed by atoms with Gasteiger partial charge < -0.3 is 35.2 Å². The molecule has 3 heterocycles. The molecule has 1 amide bonds. The fraction of sp³-hybridized carbons (Fsp3) is 0.667. The van der Waals surface area contributed by atoms with Gasteiger partial charge in [-0.3, -0.25) is 9.69 Å². The second kappa shape index (κ2) is 7.60. The van der Waals surface area contributed by atoms with Crippen molar-refractivity contribution < 1.29 is 35.1 Å². The van der Waals surface area contributed by atoms with E-state index in [2.05, 4.69) is 4.90 Å². The Kier molecular flexibility index (Phi) is 4.82. The van der Waals surface area contributed by atoms with Crippen LogP contribution in [0.2, 0.25) is 0 Å². The number of carbonyl (C=O) groups excluding carboxylic acids is 1. The van der Waals surface area contributed by atoms with Gasteiger partial charge in [-0.25, -0.2) is 0 Å². The number of amides is 1. The van der Waals surface area contributed by atoms with Gasteiger partial charge in [0.15, 0.2) is 23.9 Å². The minimum absolute atomic E-state index is 0.0101. The van der Waals surface area contributed by atoms with Crippen LogP contribution >= 0.6 is 0 Å². The van der Waals surface area contributed by atoms with E-state index < -0.39 is 23.4 Å². The first-order chi connectivity index (χ1) is 17.2. The zero-order chi connectivity index (χ0) is 25.0. The van der Waals surface area contributed by atoms with E-state index in [0.717, 1.165) is 24.2 Å². The molecule has 7 rings (SSSR count). The lowest BCUT2D eigenvalue weighted by atomic mass is 9.49. The third-order valence-corrected chi connectivity index (χ3v) is 10.0. The van der Waals surface area contributed by atoms with Gasteiger partial charge in [0.05, 0.1) is 16.6 Å². The first-order valence-corrected chi connectivity index (χ1v) is 13.3. The number of aromatic hydroxyl groups is 1. The largest absolute Gasteiger partial charge is 0.508 e. The molecule has 2 saturated heterocycles. The number of aliphatic hydroxyl groups excluding tert-OH is 2. The molecule has 36 heavy (non-hydrogen) atoms. The maximum absolute atomic E-state index is 13.7. The lowest BCUT2D eigenvalue weighted by Gasteiger charge is -2.62. The fourth-order valence-corrected chi connectivity index (χ4v) is 7.95. The van der Waals surface area contributed by atoms with E-state index in [4.69, 9.17) is 4.74 Å². The summed E-state index contributed by atoms with van der Waals surface area (Å²) in [5.74, 6) is 0.201. The van der Waals surface area contributed by atoms with Crippen LogP contribution < -0.4 is 4.74 Å². The van der Waals surface area contributed by atoms with Crippen LogP contribution in [0.1, 0.15) is 49.7 Å². The summed E-state index contributed by atoms with van der Waals surface area (Å²) < 4.78 is 6.26. The Morgan fingerprint density at radius 2 is 1.86 bits per heavy atom. The van der Waals surface area contributed by atoms with E-state index in [1.165, 1.54) is 12.8 Å². The molecule has 1 spiro atoms. The summed E-state index contributed by atoms with van der Waals surface area (Å²) in [6.45, 7) is 2.40. The number of likely N-dealkylation sites (tertiary alicyclic amines) is 2. The molecule has 2 bridgehead atoms. The van der Waals surface area contributed by atoms with E-state index in [-0.39, 0.29) is 41.4 Å². The first-order valence-electron chi connectivity index (χ1n) is 13.3. The van der Waals surface area contributed by atoms with Crippen LogP contribution in [0.15, 0.2) is 23.5 Å². The Bertz CT molecular complexity index is 1160. The minimum Gasteiger partial charge on any atom is -0.508 e. The third kappa shape index (κ3) is 2.88. The van der Waals surface area contributed by atoms with Gasteiger partial charge in [0.2, 0.25) is 0 Å². The number of phenolic OH excluding ortho intramolecular Hbond substituents is 1. The van der Waals surface area contributed by atoms with E-state index in [1.54, 1.807) is 11.0 Å². The summed E-state index contributed by atoms with van der Waals surface area (Å²) in [5, 5.41) is 53.9. The van der Waals surface area contributed by atoms with Gasteiger partial charge in [-0.15, -0.1) is 0 Å². The number of piperidine rings is 2. The Labute approximate surface area is 209 Å². The van der Waals surface area contributed by atoms with Crippen molar-refractivity contribution in [1.29, 1.82) is 0 Å². The van der Waals surface area contributed by atoms with Crippen molar-refractivity contribution >= 4 is 5.91 Å². The van der Waals surface area contributed by atoms with Gasteiger partial charge in [0.25, 0.3) is 5.91 Å². The van der Waals surface area contributed by atoms with Crippen LogP contribution in [0.5, 0.6) is 11.5 Å². The van der Waals surface area contributed by atoms with Crippen molar-refractivity contribution in [3.63, 3.8) is 0 Å². The van der Waals surface area contributed by atoms with Crippen molar-refractivity contribution in [1.82, 2.24) is 9.80 Å². The van der Waals surface area contributed by atoms with Crippen molar-refractivity contribution in [3.05, 3.63) is 34.6 Å².